The number of thioether (sulfide) groups is 1. The first-order valence-corrected chi connectivity index (χ1v) is 6.88. The van der Waals surface area contributed by atoms with Gasteiger partial charge in [0.2, 0.25) is 0 Å². The molecule has 0 N–H and O–H groups in total. The Morgan fingerprint density at radius 3 is 2.22 bits per heavy atom. The summed E-state index contributed by atoms with van der Waals surface area (Å²) < 4.78 is 0. The summed E-state index contributed by atoms with van der Waals surface area (Å²) in [5.74, 6) is 0. The van der Waals surface area contributed by atoms with E-state index in [2.05, 4.69) is 29.8 Å². The fourth-order valence-electron chi connectivity index (χ4n) is 1.34. The zero-order valence-corrected chi connectivity index (χ0v) is 11.4. The Hall–Kier alpha value is -1.45. The monoisotopic (exact) mass is 271 g/mol. The molecule has 0 atom stereocenters. The van der Waals surface area contributed by atoms with E-state index in [1.807, 2.05) is 60.0 Å². The van der Waals surface area contributed by atoms with Crippen LogP contribution in [0.3, 0.4) is 0 Å². The lowest BCUT2D eigenvalue weighted by molar-refractivity contribution is 1.47. The van der Waals surface area contributed by atoms with E-state index >= 15 is 0 Å². The number of para-hydroxylation sites is 1. The normalized spacial score (nSPS) is 11.9. The van der Waals surface area contributed by atoms with E-state index in [9.17, 15) is 0 Å². The van der Waals surface area contributed by atoms with Gasteiger partial charge in [-0.05, 0) is 35.7 Å². The number of nitrogens with zero attached hydrogens (tertiary/aromatic N) is 1. The largest absolute Gasteiger partial charge is 0.242 e. The van der Waals surface area contributed by atoms with Gasteiger partial charge < -0.3 is 0 Å². The second kappa shape index (κ2) is 7.09. The molecule has 0 aromatic heterocycles. The molecule has 2 aromatic carbocycles. The summed E-state index contributed by atoms with van der Waals surface area (Å²) in [5, 5.41) is 2.69. The van der Waals surface area contributed by atoms with Crippen molar-refractivity contribution in [1.82, 2.24) is 0 Å². The molecule has 90 valence electrons. The lowest BCUT2D eigenvalue weighted by Crippen LogP contribution is -1.77. The van der Waals surface area contributed by atoms with Gasteiger partial charge in [-0.3, -0.25) is 0 Å². The highest BCUT2D eigenvalue weighted by Crippen LogP contribution is 2.18. The Labute approximate surface area is 117 Å². The first kappa shape index (κ1) is 13.0. The van der Waals surface area contributed by atoms with Crippen molar-refractivity contribution in [3.8, 4) is 0 Å². The molecule has 0 aliphatic heterocycles. The van der Waals surface area contributed by atoms with Gasteiger partial charge in [-0.1, -0.05) is 48.2 Å². The molecule has 2 rings (SSSR count). The minimum Gasteiger partial charge on any atom is -0.242 e. The first-order valence-electron chi connectivity index (χ1n) is 5.55. The third-order valence-electron chi connectivity index (χ3n) is 2.16. The summed E-state index contributed by atoms with van der Waals surface area (Å²) in [5.41, 5.74) is 0.914. The maximum absolute atomic E-state index is 4.37. The molecule has 18 heavy (non-hydrogen) atoms. The minimum absolute atomic E-state index is 0.699. The molecular formula is C15H13NS2. The Kier molecular flexibility index (Phi) is 5.12. The number of hydrogen-bond donors (Lipinski definition) is 1. The van der Waals surface area contributed by atoms with Crippen molar-refractivity contribution in [2.75, 3.05) is 0 Å². The third-order valence-corrected chi connectivity index (χ3v) is 3.23. The molecule has 3 heteroatoms. The molecule has 2 aromatic rings. The number of thiol groups is 1. The van der Waals surface area contributed by atoms with Crippen LogP contribution < -0.4 is 0 Å². The molecule has 0 radical (unpaired) electrons. The van der Waals surface area contributed by atoms with Crippen molar-refractivity contribution in [3.63, 3.8) is 0 Å². The lowest BCUT2D eigenvalue weighted by atomic mass is 10.3. The molecule has 0 spiro atoms. The van der Waals surface area contributed by atoms with E-state index in [0.29, 0.717) is 5.04 Å². The van der Waals surface area contributed by atoms with E-state index in [0.717, 1.165) is 5.69 Å². The van der Waals surface area contributed by atoms with Crippen LogP contribution in [-0.4, -0.2) is 5.04 Å². The van der Waals surface area contributed by atoms with Crippen LogP contribution in [0.15, 0.2) is 82.0 Å². The van der Waals surface area contributed by atoms with E-state index in [1.165, 1.54) is 4.90 Å². The highest BCUT2D eigenvalue weighted by Gasteiger charge is 1.90. The zero-order valence-electron chi connectivity index (χ0n) is 9.73. The molecule has 0 saturated heterocycles. The van der Waals surface area contributed by atoms with Gasteiger partial charge >= 0.3 is 0 Å². The van der Waals surface area contributed by atoms with Crippen molar-refractivity contribution in [1.29, 1.82) is 0 Å². The lowest BCUT2D eigenvalue weighted by Gasteiger charge is -1.95. The summed E-state index contributed by atoms with van der Waals surface area (Å²) >= 11 is 5.99. The van der Waals surface area contributed by atoms with Crippen LogP contribution in [0.2, 0.25) is 0 Å². The van der Waals surface area contributed by atoms with Gasteiger partial charge in [0.1, 0.15) is 0 Å². The first-order chi connectivity index (χ1) is 8.84. The molecule has 0 fully saturated rings. The molecule has 0 aliphatic rings. The van der Waals surface area contributed by atoms with Gasteiger partial charge in [0, 0.05) is 4.90 Å². The van der Waals surface area contributed by atoms with Crippen LogP contribution in [0, 0.1) is 0 Å². The fourth-order valence-corrected chi connectivity index (χ4v) is 2.30. The predicted octanol–water partition coefficient (Wildman–Crippen LogP) is 4.95. The highest BCUT2D eigenvalue weighted by atomic mass is 32.2. The number of benzene rings is 2. The van der Waals surface area contributed by atoms with Crippen molar-refractivity contribution in [2.45, 2.75) is 4.90 Å². The molecule has 0 bridgehead atoms. The summed E-state index contributed by atoms with van der Waals surface area (Å²) in [6.07, 6.45) is 1.90. The van der Waals surface area contributed by atoms with E-state index in [1.54, 1.807) is 11.8 Å². The second-order valence-electron chi connectivity index (χ2n) is 3.54. The molecule has 0 saturated carbocycles. The zero-order chi connectivity index (χ0) is 12.6. The van der Waals surface area contributed by atoms with Crippen molar-refractivity contribution >= 4 is 35.1 Å². The fraction of sp³-hybridized carbons (Fsp3) is 0. The smallest absolute Gasteiger partial charge is 0.0941 e. The third kappa shape index (κ3) is 4.43. The van der Waals surface area contributed by atoms with E-state index < -0.39 is 0 Å². The number of hydrogen-bond acceptors (Lipinski definition) is 2. The maximum atomic E-state index is 4.37. The Bertz CT molecular complexity index is 533. The molecule has 0 amide bonds. The Morgan fingerprint density at radius 2 is 1.56 bits per heavy atom. The summed E-state index contributed by atoms with van der Waals surface area (Å²) in [6.45, 7) is 0. The van der Waals surface area contributed by atoms with Crippen LogP contribution in [0.4, 0.5) is 5.69 Å². The second-order valence-corrected chi connectivity index (χ2v) is 4.98. The number of rotatable bonds is 4. The summed E-state index contributed by atoms with van der Waals surface area (Å²) in [7, 11) is 0. The summed E-state index contributed by atoms with van der Waals surface area (Å²) in [4.78, 5) is 5.57. The molecular weight excluding hydrogens is 258 g/mol. The van der Waals surface area contributed by atoms with Crippen molar-refractivity contribution in [3.05, 3.63) is 72.1 Å². The van der Waals surface area contributed by atoms with Gasteiger partial charge in [0.05, 0.1) is 10.7 Å². The SMILES string of the molecule is SC(C=CSc1ccccc1)=Nc1ccccc1. The average molecular weight is 271 g/mol. The molecule has 0 unspecified atom stereocenters. The minimum atomic E-state index is 0.699. The quantitative estimate of drug-likeness (QED) is 0.359. The van der Waals surface area contributed by atoms with Crippen LogP contribution in [0.5, 0.6) is 0 Å². The topological polar surface area (TPSA) is 12.4 Å². The van der Waals surface area contributed by atoms with Gasteiger partial charge in [-0.15, -0.1) is 12.6 Å². The highest BCUT2D eigenvalue weighted by molar-refractivity contribution is 8.02. The average Bonchev–Trinajstić information content (AvgIpc) is 2.41. The number of aliphatic imine (C=N–C) groups is 1. The van der Waals surface area contributed by atoms with Gasteiger partial charge in [-0.25, -0.2) is 4.99 Å². The van der Waals surface area contributed by atoms with Crippen molar-refractivity contribution < 1.29 is 0 Å². The van der Waals surface area contributed by atoms with Crippen LogP contribution in [0.25, 0.3) is 0 Å². The maximum Gasteiger partial charge on any atom is 0.0941 e. The van der Waals surface area contributed by atoms with Gasteiger partial charge in [-0.2, -0.15) is 0 Å². The van der Waals surface area contributed by atoms with Crippen LogP contribution in [-0.2, 0) is 0 Å². The Morgan fingerprint density at radius 1 is 0.944 bits per heavy atom. The standard InChI is InChI=1S/C15H13NS2/c17-15(16-13-7-3-1-4-8-13)11-12-18-14-9-5-2-6-10-14/h1-12H,(H,16,17). The van der Waals surface area contributed by atoms with Crippen molar-refractivity contribution in [2.24, 2.45) is 4.99 Å². The van der Waals surface area contributed by atoms with Gasteiger partial charge in [0.15, 0.2) is 0 Å². The van der Waals surface area contributed by atoms with Crippen LogP contribution >= 0.6 is 24.4 Å². The molecule has 0 heterocycles. The molecule has 1 nitrogen and oxygen atoms in total. The molecule has 0 aliphatic carbocycles. The predicted molar refractivity (Wildman–Crippen MR) is 84.0 cm³/mol. The summed E-state index contributed by atoms with van der Waals surface area (Å²) in [6, 6.07) is 20.0. The van der Waals surface area contributed by atoms with E-state index in [4.69, 9.17) is 0 Å². The Balaban J connectivity index is 1.95. The van der Waals surface area contributed by atoms with Gasteiger partial charge in [0.25, 0.3) is 0 Å². The van der Waals surface area contributed by atoms with E-state index in [-0.39, 0.29) is 0 Å². The van der Waals surface area contributed by atoms with Crippen LogP contribution in [0.1, 0.15) is 0 Å².